The lowest BCUT2D eigenvalue weighted by molar-refractivity contribution is 0.0171. The fraction of sp³-hybridized carbons (Fsp3) is 0.688. The second kappa shape index (κ2) is 6.52. The SMILES string of the molecule is COC1=CC=CN(C(=O)OC(C)(C)C)C1C1CCNCC1. The third-order valence-electron chi connectivity index (χ3n) is 3.77. The molecule has 1 fully saturated rings. The number of carbonyl (C=O) groups excluding carboxylic acids is 1. The predicted molar refractivity (Wildman–Crippen MR) is 81.7 cm³/mol. The van der Waals surface area contributed by atoms with E-state index in [0.717, 1.165) is 31.7 Å². The summed E-state index contributed by atoms with van der Waals surface area (Å²) in [7, 11) is 1.66. The van der Waals surface area contributed by atoms with Crippen LogP contribution in [-0.2, 0) is 9.47 Å². The lowest BCUT2D eigenvalue weighted by Crippen LogP contribution is -2.48. The maximum absolute atomic E-state index is 12.5. The van der Waals surface area contributed by atoms with Crippen LogP contribution in [0.5, 0.6) is 0 Å². The van der Waals surface area contributed by atoms with Crippen LogP contribution in [0.15, 0.2) is 24.1 Å². The fourth-order valence-corrected chi connectivity index (χ4v) is 2.86. The molecule has 0 spiro atoms. The standard InChI is InChI=1S/C16H26N2O3/c1-16(2,3)21-15(19)18-11-5-6-13(20-4)14(18)12-7-9-17-10-8-12/h5-6,11-12,14,17H,7-10H2,1-4H3. The van der Waals surface area contributed by atoms with E-state index in [-0.39, 0.29) is 12.1 Å². The highest BCUT2D eigenvalue weighted by Gasteiger charge is 2.37. The molecule has 2 rings (SSSR count). The molecule has 1 unspecified atom stereocenters. The first-order chi connectivity index (χ1) is 9.92. The molecule has 1 saturated heterocycles. The van der Waals surface area contributed by atoms with Crippen LogP contribution in [0.1, 0.15) is 33.6 Å². The number of carbonyl (C=O) groups is 1. The molecule has 1 amide bonds. The van der Waals surface area contributed by atoms with Crippen LogP contribution >= 0.6 is 0 Å². The van der Waals surface area contributed by atoms with E-state index in [4.69, 9.17) is 9.47 Å². The largest absolute Gasteiger partial charge is 0.499 e. The molecule has 0 aromatic heterocycles. The maximum atomic E-state index is 12.5. The minimum atomic E-state index is -0.502. The Balaban J connectivity index is 2.19. The van der Waals surface area contributed by atoms with Crippen LogP contribution in [0.3, 0.4) is 0 Å². The Morgan fingerprint density at radius 3 is 2.57 bits per heavy atom. The van der Waals surface area contributed by atoms with Gasteiger partial charge in [-0.15, -0.1) is 0 Å². The lowest BCUT2D eigenvalue weighted by Gasteiger charge is -2.39. The summed E-state index contributed by atoms with van der Waals surface area (Å²) in [6.45, 7) is 7.59. The zero-order valence-corrected chi connectivity index (χ0v) is 13.4. The second-order valence-electron chi connectivity index (χ2n) is 6.53. The average Bonchev–Trinajstić information content (AvgIpc) is 2.45. The van der Waals surface area contributed by atoms with Crippen molar-refractivity contribution in [2.45, 2.75) is 45.3 Å². The van der Waals surface area contributed by atoms with Crippen molar-refractivity contribution in [3.63, 3.8) is 0 Å². The molecule has 21 heavy (non-hydrogen) atoms. The Labute approximate surface area is 127 Å². The molecule has 5 nitrogen and oxygen atoms in total. The molecule has 0 aromatic rings. The topological polar surface area (TPSA) is 50.8 Å². The first-order valence-corrected chi connectivity index (χ1v) is 7.57. The molecular formula is C16H26N2O3. The molecule has 0 radical (unpaired) electrons. The van der Waals surface area contributed by atoms with Gasteiger partial charge in [0.05, 0.1) is 13.2 Å². The van der Waals surface area contributed by atoms with Gasteiger partial charge >= 0.3 is 6.09 Å². The minimum absolute atomic E-state index is 0.0723. The number of piperidine rings is 1. The van der Waals surface area contributed by atoms with E-state index in [0.29, 0.717) is 5.92 Å². The van der Waals surface area contributed by atoms with Crippen molar-refractivity contribution < 1.29 is 14.3 Å². The van der Waals surface area contributed by atoms with Gasteiger partial charge in [-0.3, -0.25) is 4.90 Å². The molecule has 1 atom stereocenters. The van der Waals surface area contributed by atoms with Crippen LogP contribution in [0.4, 0.5) is 4.79 Å². The summed E-state index contributed by atoms with van der Waals surface area (Å²) >= 11 is 0. The summed E-state index contributed by atoms with van der Waals surface area (Å²) in [6.07, 6.45) is 7.30. The molecule has 1 N–H and O–H groups in total. The second-order valence-corrected chi connectivity index (χ2v) is 6.53. The molecule has 5 heteroatoms. The van der Waals surface area contributed by atoms with E-state index < -0.39 is 5.60 Å². The van der Waals surface area contributed by atoms with Crippen molar-refractivity contribution >= 4 is 6.09 Å². The van der Waals surface area contributed by atoms with Crippen LogP contribution < -0.4 is 5.32 Å². The van der Waals surface area contributed by atoms with E-state index in [1.54, 1.807) is 18.2 Å². The quantitative estimate of drug-likeness (QED) is 0.850. The average molecular weight is 294 g/mol. The number of amides is 1. The lowest BCUT2D eigenvalue weighted by atomic mass is 9.87. The molecular weight excluding hydrogens is 268 g/mol. The van der Waals surface area contributed by atoms with Crippen molar-refractivity contribution in [3.8, 4) is 0 Å². The molecule has 2 heterocycles. The first-order valence-electron chi connectivity index (χ1n) is 7.57. The molecule has 0 saturated carbocycles. The Kier molecular flexibility index (Phi) is 4.93. The Morgan fingerprint density at radius 1 is 1.33 bits per heavy atom. The van der Waals surface area contributed by atoms with Gasteiger partial charge in [-0.05, 0) is 64.8 Å². The normalized spacial score (nSPS) is 23.7. The fourth-order valence-electron chi connectivity index (χ4n) is 2.86. The first kappa shape index (κ1) is 15.9. The van der Waals surface area contributed by atoms with Gasteiger partial charge in [0.1, 0.15) is 11.4 Å². The van der Waals surface area contributed by atoms with Gasteiger partial charge in [-0.1, -0.05) is 0 Å². The Bertz CT molecular complexity index is 431. The van der Waals surface area contributed by atoms with Gasteiger partial charge in [0, 0.05) is 6.20 Å². The van der Waals surface area contributed by atoms with Crippen molar-refractivity contribution in [1.82, 2.24) is 10.2 Å². The zero-order chi connectivity index (χ0) is 15.5. The van der Waals surface area contributed by atoms with Crippen molar-refractivity contribution in [2.75, 3.05) is 20.2 Å². The van der Waals surface area contributed by atoms with Gasteiger partial charge in [0.2, 0.25) is 0 Å². The summed E-state index contributed by atoms with van der Waals surface area (Å²) in [5, 5.41) is 3.36. The van der Waals surface area contributed by atoms with E-state index in [2.05, 4.69) is 5.32 Å². The molecule has 0 bridgehead atoms. The van der Waals surface area contributed by atoms with Gasteiger partial charge in [0.25, 0.3) is 0 Å². The smallest absolute Gasteiger partial charge is 0.415 e. The van der Waals surface area contributed by atoms with E-state index >= 15 is 0 Å². The molecule has 118 valence electrons. The summed E-state index contributed by atoms with van der Waals surface area (Å²) < 4.78 is 11.0. The number of allylic oxidation sites excluding steroid dienone is 2. The van der Waals surface area contributed by atoms with Crippen LogP contribution in [0.2, 0.25) is 0 Å². The summed E-state index contributed by atoms with van der Waals surface area (Å²) in [5.74, 6) is 1.21. The third kappa shape index (κ3) is 4.00. The van der Waals surface area contributed by atoms with Crippen molar-refractivity contribution in [3.05, 3.63) is 24.1 Å². The zero-order valence-electron chi connectivity index (χ0n) is 13.4. The highest BCUT2D eigenvalue weighted by molar-refractivity contribution is 5.71. The minimum Gasteiger partial charge on any atom is -0.499 e. The third-order valence-corrected chi connectivity index (χ3v) is 3.77. The Hall–Kier alpha value is -1.49. The summed E-state index contributed by atoms with van der Waals surface area (Å²) in [4.78, 5) is 14.2. The highest BCUT2D eigenvalue weighted by atomic mass is 16.6. The van der Waals surface area contributed by atoms with Crippen LogP contribution in [0, 0.1) is 5.92 Å². The molecule has 2 aliphatic heterocycles. The van der Waals surface area contributed by atoms with E-state index in [1.807, 2.05) is 32.9 Å². The predicted octanol–water partition coefficient (Wildman–Crippen LogP) is 2.65. The number of rotatable bonds is 2. The number of methoxy groups -OCH3 is 1. The van der Waals surface area contributed by atoms with Crippen molar-refractivity contribution in [2.24, 2.45) is 5.92 Å². The summed E-state index contributed by atoms with van der Waals surface area (Å²) in [5.41, 5.74) is -0.502. The number of hydrogen-bond acceptors (Lipinski definition) is 4. The van der Waals surface area contributed by atoms with Crippen molar-refractivity contribution in [1.29, 1.82) is 0 Å². The molecule has 0 aromatic carbocycles. The number of nitrogens with one attached hydrogen (secondary N) is 1. The molecule has 0 aliphatic carbocycles. The Morgan fingerprint density at radius 2 is 2.00 bits per heavy atom. The number of hydrogen-bond donors (Lipinski definition) is 1. The highest BCUT2D eigenvalue weighted by Crippen LogP contribution is 2.30. The maximum Gasteiger partial charge on any atom is 0.415 e. The monoisotopic (exact) mass is 294 g/mol. The molecule has 2 aliphatic rings. The van der Waals surface area contributed by atoms with E-state index in [9.17, 15) is 4.79 Å². The van der Waals surface area contributed by atoms with Gasteiger partial charge in [0.15, 0.2) is 0 Å². The van der Waals surface area contributed by atoms with Gasteiger partial charge in [-0.2, -0.15) is 0 Å². The number of ether oxygens (including phenoxy) is 2. The van der Waals surface area contributed by atoms with Gasteiger partial charge in [-0.25, -0.2) is 4.79 Å². The van der Waals surface area contributed by atoms with E-state index in [1.165, 1.54) is 0 Å². The summed E-state index contributed by atoms with van der Waals surface area (Å²) in [6, 6.07) is -0.0723. The van der Waals surface area contributed by atoms with Crippen LogP contribution in [0.25, 0.3) is 0 Å². The van der Waals surface area contributed by atoms with Crippen LogP contribution in [-0.4, -0.2) is 42.8 Å². The van der Waals surface area contributed by atoms with Gasteiger partial charge < -0.3 is 14.8 Å². The number of nitrogens with zero attached hydrogens (tertiary/aromatic N) is 1.